The normalized spacial score (nSPS) is 23.2. The second kappa shape index (κ2) is 6.22. The summed E-state index contributed by atoms with van der Waals surface area (Å²) in [5, 5.41) is 2.67. The highest BCUT2D eigenvalue weighted by Crippen LogP contribution is 2.29. The van der Waals surface area contributed by atoms with E-state index in [0.29, 0.717) is 18.1 Å². The van der Waals surface area contributed by atoms with Crippen LogP contribution in [0.4, 0.5) is 0 Å². The lowest BCUT2D eigenvalue weighted by Gasteiger charge is -2.34. The molecule has 0 bridgehead atoms. The monoisotopic (exact) mass is 309 g/mol. The molecular weight excluding hydrogens is 290 g/mol. The topological polar surface area (TPSA) is 44.8 Å². The van der Waals surface area contributed by atoms with Crippen LogP contribution >= 0.6 is 11.6 Å². The molecule has 2 heterocycles. The Bertz CT molecular complexity index is 530. The predicted octanol–water partition coefficient (Wildman–Crippen LogP) is 1.17. The zero-order valence-corrected chi connectivity index (χ0v) is 12.9. The molecule has 1 amide bonds. The summed E-state index contributed by atoms with van der Waals surface area (Å²) in [6.07, 6.45) is 0.676. The molecule has 1 atom stereocenters. The molecule has 1 aromatic rings. The van der Waals surface area contributed by atoms with E-state index in [1.165, 1.54) is 0 Å². The molecule has 2 aliphatic heterocycles. The third-order valence-corrected chi connectivity index (χ3v) is 4.31. The average molecular weight is 310 g/mol. The molecular formula is C15H20ClN3O2. The Morgan fingerprint density at radius 1 is 1.33 bits per heavy atom. The Morgan fingerprint density at radius 2 is 2.10 bits per heavy atom. The Labute approximate surface area is 129 Å². The molecule has 1 saturated heterocycles. The van der Waals surface area contributed by atoms with Crippen LogP contribution in [-0.2, 0) is 11.2 Å². The van der Waals surface area contributed by atoms with Crippen molar-refractivity contribution in [2.75, 3.05) is 39.8 Å². The molecule has 0 aromatic heterocycles. The Morgan fingerprint density at radius 3 is 2.86 bits per heavy atom. The van der Waals surface area contributed by atoms with Gasteiger partial charge in [0.25, 0.3) is 0 Å². The van der Waals surface area contributed by atoms with Crippen LogP contribution in [0.15, 0.2) is 18.2 Å². The maximum atomic E-state index is 12.4. The molecule has 0 unspecified atom stereocenters. The summed E-state index contributed by atoms with van der Waals surface area (Å²) < 4.78 is 5.67. The highest BCUT2D eigenvalue weighted by Gasteiger charge is 2.27. The van der Waals surface area contributed by atoms with E-state index in [9.17, 15) is 4.79 Å². The average Bonchev–Trinajstić information content (AvgIpc) is 2.48. The lowest BCUT2D eigenvalue weighted by atomic mass is 9.96. The van der Waals surface area contributed by atoms with Gasteiger partial charge in [-0.05, 0) is 37.2 Å². The molecule has 0 radical (unpaired) electrons. The van der Waals surface area contributed by atoms with Gasteiger partial charge in [-0.3, -0.25) is 10.2 Å². The molecule has 0 saturated carbocycles. The first-order valence-corrected chi connectivity index (χ1v) is 7.65. The number of nitrogens with one attached hydrogen (secondary N) is 1. The van der Waals surface area contributed by atoms with Crippen LogP contribution in [0.2, 0.25) is 5.02 Å². The summed E-state index contributed by atoms with van der Waals surface area (Å²) in [5.41, 5.74) is 4.02. The van der Waals surface area contributed by atoms with E-state index >= 15 is 0 Å². The van der Waals surface area contributed by atoms with Gasteiger partial charge in [0, 0.05) is 31.2 Å². The standard InChI is InChI=1S/C15H20ClN3O2/c1-18-4-6-19(7-5-18)17-15(20)12-8-11-9-13(16)2-3-14(11)21-10-12/h2-3,9,12H,4-8,10H2,1H3,(H,17,20)/t12-/m1/s1. The lowest BCUT2D eigenvalue weighted by molar-refractivity contribution is -0.132. The zero-order chi connectivity index (χ0) is 14.8. The van der Waals surface area contributed by atoms with Crippen molar-refractivity contribution >= 4 is 17.5 Å². The van der Waals surface area contributed by atoms with E-state index < -0.39 is 0 Å². The van der Waals surface area contributed by atoms with Gasteiger partial charge in [-0.15, -0.1) is 0 Å². The summed E-state index contributed by atoms with van der Waals surface area (Å²) in [6, 6.07) is 5.56. The molecule has 1 fully saturated rings. The molecule has 5 nitrogen and oxygen atoms in total. The van der Waals surface area contributed by atoms with Gasteiger partial charge in [0.1, 0.15) is 12.4 Å². The number of nitrogens with zero attached hydrogens (tertiary/aromatic N) is 2. The number of carbonyl (C=O) groups is 1. The van der Waals surface area contributed by atoms with Crippen LogP contribution in [-0.4, -0.2) is 55.6 Å². The first-order chi connectivity index (χ1) is 10.1. The number of benzene rings is 1. The Balaban J connectivity index is 1.59. The second-order valence-corrected chi connectivity index (χ2v) is 6.17. The number of hydrazine groups is 1. The first-order valence-electron chi connectivity index (χ1n) is 7.27. The van der Waals surface area contributed by atoms with Gasteiger partial charge in [0.05, 0.1) is 5.92 Å². The van der Waals surface area contributed by atoms with Crippen molar-refractivity contribution in [3.05, 3.63) is 28.8 Å². The van der Waals surface area contributed by atoms with Crippen LogP contribution in [0.25, 0.3) is 0 Å². The van der Waals surface area contributed by atoms with Gasteiger partial charge in [-0.1, -0.05) is 11.6 Å². The summed E-state index contributed by atoms with van der Waals surface area (Å²) in [5.74, 6) is 0.712. The van der Waals surface area contributed by atoms with Crippen molar-refractivity contribution in [1.29, 1.82) is 0 Å². The van der Waals surface area contributed by atoms with Gasteiger partial charge in [0.15, 0.2) is 0 Å². The molecule has 1 N–H and O–H groups in total. The predicted molar refractivity (Wildman–Crippen MR) is 81.4 cm³/mol. The van der Waals surface area contributed by atoms with Crippen molar-refractivity contribution in [3.8, 4) is 5.75 Å². The summed E-state index contributed by atoms with van der Waals surface area (Å²) in [7, 11) is 2.09. The first kappa shape index (κ1) is 14.6. The van der Waals surface area contributed by atoms with Crippen LogP contribution in [0.3, 0.4) is 0 Å². The van der Waals surface area contributed by atoms with Crippen LogP contribution in [0.1, 0.15) is 5.56 Å². The van der Waals surface area contributed by atoms with E-state index in [-0.39, 0.29) is 11.8 Å². The second-order valence-electron chi connectivity index (χ2n) is 5.73. The van der Waals surface area contributed by atoms with Crippen molar-refractivity contribution in [2.24, 2.45) is 5.92 Å². The van der Waals surface area contributed by atoms with Crippen molar-refractivity contribution in [3.63, 3.8) is 0 Å². The highest BCUT2D eigenvalue weighted by atomic mass is 35.5. The molecule has 0 spiro atoms. The van der Waals surface area contributed by atoms with Crippen LogP contribution in [0.5, 0.6) is 5.75 Å². The molecule has 0 aliphatic carbocycles. The number of amides is 1. The van der Waals surface area contributed by atoms with Gasteiger partial charge in [0.2, 0.25) is 5.91 Å². The number of rotatable bonds is 2. The van der Waals surface area contributed by atoms with E-state index in [1.54, 1.807) is 0 Å². The van der Waals surface area contributed by atoms with Gasteiger partial charge in [-0.2, -0.15) is 0 Å². The number of fused-ring (bicyclic) bond motifs is 1. The van der Waals surface area contributed by atoms with Crippen LogP contribution < -0.4 is 10.2 Å². The number of carbonyl (C=O) groups excluding carboxylic acids is 1. The largest absolute Gasteiger partial charge is 0.492 e. The van der Waals surface area contributed by atoms with Gasteiger partial charge < -0.3 is 9.64 Å². The molecule has 114 valence electrons. The Hall–Kier alpha value is -1.30. The smallest absolute Gasteiger partial charge is 0.241 e. The molecule has 6 heteroatoms. The van der Waals surface area contributed by atoms with E-state index in [2.05, 4.69) is 17.4 Å². The maximum Gasteiger partial charge on any atom is 0.241 e. The number of ether oxygens (including phenoxy) is 1. The Kier molecular flexibility index (Phi) is 4.33. The number of piperazine rings is 1. The quantitative estimate of drug-likeness (QED) is 0.891. The highest BCUT2D eigenvalue weighted by molar-refractivity contribution is 6.30. The maximum absolute atomic E-state index is 12.4. The van der Waals surface area contributed by atoms with Crippen LogP contribution in [0, 0.1) is 5.92 Å². The van der Waals surface area contributed by atoms with Crippen molar-refractivity contribution < 1.29 is 9.53 Å². The minimum atomic E-state index is -0.157. The molecule has 1 aromatic carbocycles. The third-order valence-electron chi connectivity index (χ3n) is 4.07. The number of likely N-dealkylation sites (N-methyl/N-ethyl adjacent to an activating group) is 1. The molecule has 21 heavy (non-hydrogen) atoms. The summed E-state index contributed by atoms with van der Waals surface area (Å²) in [4.78, 5) is 14.6. The number of hydrogen-bond donors (Lipinski definition) is 1. The van der Waals surface area contributed by atoms with Crippen molar-refractivity contribution in [2.45, 2.75) is 6.42 Å². The van der Waals surface area contributed by atoms with E-state index in [4.69, 9.17) is 16.3 Å². The minimum absolute atomic E-state index is 0.0326. The summed E-state index contributed by atoms with van der Waals surface area (Å²) >= 11 is 6.00. The molecule has 2 aliphatic rings. The number of halogens is 1. The molecule has 3 rings (SSSR count). The third kappa shape index (κ3) is 3.48. The fourth-order valence-corrected chi connectivity index (χ4v) is 2.89. The summed E-state index contributed by atoms with van der Waals surface area (Å²) in [6.45, 7) is 4.09. The zero-order valence-electron chi connectivity index (χ0n) is 12.1. The van der Waals surface area contributed by atoms with Gasteiger partial charge in [-0.25, -0.2) is 5.01 Å². The fourth-order valence-electron chi connectivity index (χ4n) is 2.70. The van der Waals surface area contributed by atoms with E-state index in [1.807, 2.05) is 23.2 Å². The van der Waals surface area contributed by atoms with Gasteiger partial charge >= 0.3 is 0 Å². The van der Waals surface area contributed by atoms with Crippen molar-refractivity contribution in [1.82, 2.24) is 15.3 Å². The SMILES string of the molecule is CN1CCN(NC(=O)[C@H]2COc3ccc(Cl)cc3C2)CC1. The lowest BCUT2D eigenvalue weighted by Crippen LogP contribution is -2.54. The van der Waals surface area contributed by atoms with E-state index in [0.717, 1.165) is 37.5 Å². The number of hydrogen-bond acceptors (Lipinski definition) is 4. The minimum Gasteiger partial charge on any atom is -0.492 e. The fraction of sp³-hybridized carbons (Fsp3) is 0.533.